The monoisotopic (exact) mass is 767 g/mol. The molecular weight excluding hydrogens is 732 g/mol. The zero-order chi connectivity index (χ0) is 30.4. The van der Waals surface area contributed by atoms with Crippen molar-refractivity contribution in [3.8, 4) is 11.4 Å². The second-order valence-electron chi connectivity index (χ2n) is 10.3. The summed E-state index contributed by atoms with van der Waals surface area (Å²) >= 11 is 0. The van der Waals surface area contributed by atoms with E-state index in [2.05, 4.69) is 15.2 Å². The van der Waals surface area contributed by atoms with Crippen LogP contribution in [-0.4, -0.2) is 21.1 Å². The number of rotatable bonds is 8. The van der Waals surface area contributed by atoms with E-state index in [-0.39, 0.29) is 48.9 Å². The third kappa shape index (κ3) is 7.70. The van der Waals surface area contributed by atoms with E-state index < -0.39 is 11.9 Å². The van der Waals surface area contributed by atoms with Gasteiger partial charge in [-0.05, 0) is 54.0 Å². The number of carbonyl (C=O) groups excluding carboxylic acids is 1. The summed E-state index contributed by atoms with van der Waals surface area (Å²) in [4.78, 5) is 16.2. The maximum absolute atomic E-state index is 13.5. The van der Waals surface area contributed by atoms with Crippen LogP contribution in [0.3, 0.4) is 0 Å². The van der Waals surface area contributed by atoms with Crippen LogP contribution in [0.25, 0.3) is 43.8 Å². The molecule has 0 unspecified atom stereocenters. The van der Waals surface area contributed by atoms with Crippen molar-refractivity contribution in [1.82, 2.24) is 15.2 Å². The summed E-state index contributed by atoms with van der Waals surface area (Å²) in [7, 11) is 0. The van der Waals surface area contributed by atoms with Gasteiger partial charge in [0.25, 0.3) is 0 Å². The third-order valence-corrected chi connectivity index (χ3v) is 7.71. The topological polar surface area (TPSA) is 77.2 Å². The molecule has 0 saturated heterocycles. The first-order valence-corrected chi connectivity index (χ1v) is 14.3. The molecule has 5 rings (SSSR count). The first-order valence-electron chi connectivity index (χ1n) is 14.3. The molecule has 2 aromatic heterocycles. The second-order valence-corrected chi connectivity index (χ2v) is 10.3. The molecule has 0 aliphatic rings. The van der Waals surface area contributed by atoms with Crippen molar-refractivity contribution in [2.24, 2.45) is 11.8 Å². The largest absolute Gasteiger partial charge is 0.656 e. The van der Waals surface area contributed by atoms with Crippen LogP contribution in [0.1, 0.15) is 59.1 Å². The average Bonchev–Trinajstić information content (AvgIpc) is 3.41. The van der Waals surface area contributed by atoms with Gasteiger partial charge in [0, 0.05) is 48.8 Å². The molecule has 0 spiro atoms. The molecule has 0 aliphatic heterocycles. The van der Waals surface area contributed by atoms with Crippen LogP contribution in [0.5, 0.6) is 0 Å². The molecule has 43 heavy (non-hydrogen) atoms. The summed E-state index contributed by atoms with van der Waals surface area (Å²) in [6.07, 6.45) is 0.319. The number of aromatic nitrogens is 3. The van der Waals surface area contributed by atoms with Crippen LogP contribution < -0.4 is 4.98 Å². The Hall–Kier alpha value is -3.55. The zero-order valence-corrected chi connectivity index (χ0v) is 27.0. The number of fused-ring (bicyclic) bond motifs is 3. The van der Waals surface area contributed by atoms with Gasteiger partial charge in [-0.25, -0.2) is 0 Å². The minimum absolute atomic E-state index is 0. The van der Waals surface area contributed by atoms with Crippen LogP contribution in [0, 0.1) is 11.8 Å². The fourth-order valence-corrected chi connectivity index (χ4v) is 5.16. The average molecular weight is 767 g/mol. The summed E-state index contributed by atoms with van der Waals surface area (Å²) < 4.78 is 40.5. The van der Waals surface area contributed by atoms with Crippen molar-refractivity contribution in [2.75, 3.05) is 0 Å². The van der Waals surface area contributed by atoms with Crippen molar-refractivity contribution in [2.45, 2.75) is 59.6 Å². The number of benzene rings is 3. The summed E-state index contributed by atoms with van der Waals surface area (Å²) in [5.74, 6) is 0.547. The molecular formula is C34H35F3IrN3O2-. The minimum atomic E-state index is -4.59. The Morgan fingerprint density at radius 2 is 1.35 bits per heavy atom. The molecule has 0 saturated carbocycles. The van der Waals surface area contributed by atoms with Gasteiger partial charge in [0.2, 0.25) is 0 Å². The first kappa shape index (κ1) is 33.9. The van der Waals surface area contributed by atoms with E-state index in [1.54, 1.807) is 18.2 Å². The smallest absolute Gasteiger partial charge is 0.435 e. The molecule has 1 radical (unpaired) electrons. The molecule has 229 valence electrons. The van der Waals surface area contributed by atoms with E-state index in [4.69, 9.17) is 0 Å². The fourth-order valence-electron chi connectivity index (χ4n) is 5.16. The van der Waals surface area contributed by atoms with Crippen molar-refractivity contribution in [1.29, 1.82) is 0 Å². The van der Waals surface area contributed by atoms with Gasteiger partial charge in [-0.1, -0.05) is 82.3 Å². The first-order chi connectivity index (χ1) is 20.1. The molecule has 0 bridgehead atoms. The Morgan fingerprint density at radius 3 is 1.88 bits per heavy atom. The summed E-state index contributed by atoms with van der Waals surface area (Å²) in [5.41, 5.74) is 0.643. The van der Waals surface area contributed by atoms with Crippen molar-refractivity contribution in [3.05, 3.63) is 84.3 Å². The number of nitrogens with zero attached hydrogens (tertiary/aromatic N) is 3. The molecule has 5 nitrogen and oxygen atoms in total. The zero-order valence-electron chi connectivity index (χ0n) is 24.6. The molecule has 0 atom stereocenters. The van der Waals surface area contributed by atoms with Gasteiger partial charge in [-0.3, -0.25) is 4.79 Å². The van der Waals surface area contributed by atoms with Crippen LogP contribution in [0.15, 0.2) is 78.6 Å². The molecule has 1 N–H and O–H groups in total. The number of alkyl halides is 3. The molecule has 3 aromatic carbocycles. The molecule has 0 fully saturated rings. The maximum Gasteiger partial charge on any atom is 0.435 e. The minimum Gasteiger partial charge on any atom is -0.656 e. The Balaban J connectivity index is 0.000000274. The van der Waals surface area contributed by atoms with Crippen molar-refractivity contribution in [3.63, 3.8) is 0 Å². The normalized spacial score (nSPS) is 12.1. The number of hydrogen-bond donors (Lipinski definition) is 1. The van der Waals surface area contributed by atoms with Gasteiger partial charge in [0.05, 0.1) is 11.5 Å². The van der Waals surface area contributed by atoms with E-state index in [0.29, 0.717) is 16.8 Å². The van der Waals surface area contributed by atoms with Crippen LogP contribution in [0.4, 0.5) is 13.2 Å². The number of carbonyl (C=O) groups is 1. The number of ketones is 1. The number of halogens is 3. The van der Waals surface area contributed by atoms with Gasteiger partial charge in [-0.2, -0.15) is 18.3 Å². The number of aliphatic hydroxyl groups excluding tert-OH is 1. The van der Waals surface area contributed by atoms with Crippen LogP contribution in [0.2, 0.25) is 0 Å². The quantitative estimate of drug-likeness (QED) is 0.0968. The molecule has 0 amide bonds. The molecule has 2 heterocycles. The van der Waals surface area contributed by atoms with Crippen molar-refractivity contribution < 1.29 is 43.2 Å². The number of allylic oxidation sites excluding steroid dienone is 2. The van der Waals surface area contributed by atoms with Gasteiger partial charge in [0.15, 0.2) is 11.5 Å². The summed E-state index contributed by atoms with van der Waals surface area (Å²) in [6, 6.07) is 19.9. The predicted octanol–water partition coefficient (Wildman–Crippen LogP) is 9.45. The van der Waals surface area contributed by atoms with Gasteiger partial charge in [-0.15, -0.1) is 16.3 Å². The summed E-state index contributed by atoms with van der Waals surface area (Å²) in [6.45, 7) is 8.07. The number of para-hydroxylation sites is 1. The predicted molar refractivity (Wildman–Crippen MR) is 162 cm³/mol. The molecule has 9 heteroatoms. The van der Waals surface area contributed by atoms with Crippen LogP contribution >= 0.6 is 0 Å². The van der Waals surface area contributed by atoms with E-state index in [1.165, 1.54) is 12.1 Å². The fraction of sp³-hybridized carbons (Fsp3) is 0.324. The standard InChI is InChI=1S/C21H11F3N3.C13H24O2.Ir/c22-21(23,24)20-16-10-13-6-2-1-5-12(13)9-15(16)19(26-27-20)18-11-14-7-3-4-8-17(14)25-18;1-5-10(6-2)12(14)9-13(15)11(7-3)8-4;/h1-11H;9-11,14H,5-8H2,1-4H3;/q-1;;/b;12-9-;. The van der Waals surface area contributed by atoms with E-state index in [9.17, 15) is 23.1 Å². The Labute approximate surface area is 263 Å². The molecule has 0 aliphatic carbocycles. The maximum atomic E-state index is 13.5. The van der Waals surface area contributed by atoms with Gasteiger partial charge < -0.3 is 10.1 Å². The van der Waals surface area contributed by atoms with Crippen LogP contribution in [-0.2, 0) is 31.1 Å². The van der Waals surface area contributed by atoms with Gasteiger partial charge in [0.1, 0.15) is 0 Å². The summed E-state index contributed by atoms with van der Waals surface area (Å²) in [5, 5.41) is 20.1. The molecule has 5 aromatic rings. The Bertz CT molecular complexity index is 1690. The Kier molecular flexibility index (Phi) is 11.6. The van der Waals surface area contributed by atoms with E-state index in [0.717, 1.165) is 47.4 Å². The van der Waals surface area contributed by atoms with E-state index in [1.807, 2.05) is 70.2 Å². The van der Waals surface area contributed by atoms with Crippen molar-refractivity contribution >= 4 is 38.2 Å². The SMILES string of the molecule is CCC(CC)C(=O)/C=C(\O)C(CC)CC.FC(F)(F)c1nnc(-c2cc3ccccc3[n-]2)c2cc3ccccc3cc12.[Ir]. The number of hydrogen-bond acceptors (Lipinski definition) is 4. The second kappa shape index (κ2) is 14.8. The third-order valence-electron chi connectivity index (χ3n) is 7.71. The van der Waals surface area contributed by atoms with E-state index >= 15 is 0 Å². The Morgan fingerprint density at radius 1 is 0.814 bits per heavy atom. The van der Waals surface area contributed by atoms with Gasteiger partial charge >= 0.3 is 6.18 Å². The number of aliphatic hydroxyl groups is 1.